The number of unbranched alkanes of at least 4 members (excludes halogenated alkanes) is 2. The van der Waals surface area contributed by atoms with E-state index in [0.29, 0.717) is 18.8 Å². The number of alkyl halides is 2. The van der Waals surface area contributed by atoms with Gasteiger partial charge in [0.05, 0.1) is 6.17 Å². The summed E-state index contributed by atoms with van der Waals surface area (Å²) in [5.41, 5.74) is 0. The van der Waals surface area contributed by atoms with E-state index in [-0.39, 0.29) is 18.5 Å². The van der Waals surface area contributed by atoms with E-state index >= 15 is 0 Å². The highest BCUT2D eigenvalue weighted by atomic mass is 19.1. The van der Waals surface area contributed by atoms with Crippen LogP contribution in [0.4, 0.5) is 8.78 Å². The SMILES string of the molecule is CCCCCC1CNC(C2CCC(F)CC2F)NC1. The van der Waals surface area contributed by atoms with E-state index < -0.39 is 12.3 Å². The van der Waals surface area contributed by atoms with Crippen molar-refractivity contribution in [1.29, 1.82) is 0 Å². The molecule has 2 rings (SSSR count). The summed E-state index contributed by atoms with van der Waals surface area (Å²) in [6.45, 7) is 4.17. The maximum Gasteiger partial charge on any atom is 0.108 e. The third-order valence-corrected chi connectivity index (χ3v) is 4.66. The Labute approximate surface area is 115 Å². The standard InChI is InChI=1S/C15H28F2N2/c1-2-3-4-5-11-9-18-15(19-10-11)13-7-6-12(16)8-14(13)17/h11-15,18-19H,2-10H2,1H3. The smallest absolute Gasteiger partial charge is 0.108 e. The lowest BCUT2D eigenvalue weighted by Crippen LogP contribution is -2.58. The third kappa shape index (κ3) is 4.38. The van der Waals surface area contributed by atoms with Gasteiger partial charge < -0.3 is 10.6 Å². The summed E-state index contributed by atoms with van der Waals surface area (Å²) < 4.78 is 27.0. The van der Waals surface area contributed by atoms with Gasteiger partial charge in [0.25, 0.3) is 0 Å². The monoisotopic (exact) mass is 274 g/mol. The minimum absolute atomic E-state index is 0.0462. The van der Waals surface area contributed by atoms with E-state index in [9.17, 15) is 8.78 Å². The molecule has 0 bridgehead atoms. The number of nitrogens with one attached hydrogen (secondary N) is 2. The van der Waals surface area contributed by atoms with Gasteiger partial charge in [-0.15, -0.1) is 0 Å². The van der Waals surface area contributed by atoms with Gasteiger partial charge in [0.15, 0.2) is 0 Å². The molecule has 1 aliphatic heterocycles. The van der Waals surface area contributed by atoms with Crippen LogP contribution in [0.3, 0.4) is 0 Å². The Hall–Kier alpha value is -0.220. The lowest BCUT2D eigenvalue weighted by atomic mass is 9.83. The highest BCUT2D eigenvalue weighted by molar-refractivity contribution is 4.90. The third-order valence-electron chi connectivity index (χ3n) is 4.66. The van der Waals surface area contributed by atoms with Gasteiger partial charge in [-0.1, -0.05) is 26.2 Å². The zero-order chi connectivity index (χ0) is 13.7. The highest BCUT2D eigenvalue weighted by Gasteiger charge is 2.37. The average molecular weight is 274 g/mol. The van der Waals surface area contributed by atoms with Crippen LogP contribution in [0.2, 0.25) is 0 Å². The molecule has 0 aromatic rings. The Kier molecular flexibility index (Phi) is 6.02. The molecule has 2 N–H and O–H groups in total. The molecule has 2 aliphatic rings. The van der Waals surface area contributed by atoms with Crippen LogP contribution in [-0.2, 0) is 0 Å². The van der Waals surface area contributed by atoms with Crippen molar-refractivity contribution in [2.24, 2.45) is 11.8 Å². The van der Waals surface area contributed by atoms with E-state index in [1.807, 2.05) is 0 Å². The molecule has 2 fully saturated rings. The molecular formula is C15H28F2N2. The molecule has 0 aromatic carbocycles. The molecule has 1 saturated carbocycles. The Bertz CT molecular complexity index is 255. The number of rotatable bonds is 5. The molecule has 0 amide bonds. The van der Waals surface area contributed by atoms with Gasteiger partial charge >= 0.3 is 0 Å². The molecule has 112 valence electrons. The van der Waals surface area contributed by atoms with Gasteiger partial charge in [0.2, 0.25) is 0 Å². The second kappa shape index (κ2) is 7.53. The largest absolute Gasteiger partial charge is 0.301 e. The Morgan fingerprint density at radius 1 is 1.05 bits per heavy atom. The van der Waals surface area contributed by atoms with E-state index in [0.717, 1.165) is 13.1 Å². The molecule has 4 heteroatoms. The Morgan fingerprint density at radius 2 is 1.79 bits per heavy atom. The van der Waals surface area contributed by atoms with Gasteiger partial charge in [-0.05, 0) is 25.2 Å². The van der Waals surface area contributed by atoms with Crippen molar-refractivity contribution in [2.75, 3.05) is 13.1 Å². The summed E-state index contributed by atoms with van der Waals surface area (Å²) in [4.78, 5) is 0. The molecule has 3 unspecified atom stereocenters. The van der Waals surface area contributed by atoms with Crippen LogP contribution < -0.4 is 10.6 Å². The van der Waals surface area contributed by atoms with Gasteiger partial charge in [-0.3, -0.25) is 0 Å². The molecule has 0 aromatic heterocycles. The zero-order valence-electron chi connectivity index (χ0n) is 12.0. The fourth-order valence-electron chi connectivity index (χ4n) is 3.39. The maximum absolute atomic E-state index is 13.9. The van der Waals surface area contributed by atoms with Crippen LogP contribution in [0.1, 0.15) is 51.9 Å². The molecule has 3 atom stereocenters. The van der Waals surface area contributed by atoms with Crippen LogP contribution in [0.15, 0.2) is 0 Å². The van der Waals surface area contributed by atoms with Crippen LogP contribution in [-0.4, -0.2) is 31.6 Å². The van der Waals surface area contributed by atoms with Gasteiger partial charge in [0.1, 0.15) is 12.3 Å². The normalized spacial score (nSPS) is 40.3. The molecule has 19 heavy (non-hydrogen) atoms. The fourth-order valence-corrected chi connectivity index (χ4v) is 3.39. The summed E-state index contributed by atoms with van der Waals surface area (Å²) in [7, 11) is 0. The Balaban J connectivity index is 1.70. The molecule has 0 radical (unpaired) electrons. The molecule has 1 saturated heterocycles. The van der Waals surface area contributed by atoms with Crippen LogP contribution in [0, 0.1) is 11.8 Å². The van der Waals surface area contributed by atoms with Crippen LogP contribution in [0.25, 0.3) is 0 Å². The summed E-state index contributed by atoms with van der Waals surface area (Å²) >= 11 is 0. The first-order chi connectivity index (χ1) is 9.20. The van der Waals surface area contributed by atoms with Crippen molar-refractivity contribution in [1.82, 2.24) is 10.6 Å². The zero-order valence-corrected chi connectivity index (χ0v) is 12.0. The van der Waals surface area contributed by atoms with Crippen molar-refractivity contribution in [3.63, 3.8) is 0 Å². The van der Waals surface area contributed by atoms with Crippen LogP contribution in [0.5, 0.6) is 0 Å². The number of hydrogen-bond donors (Lipinski definition) is 2. The lowest BCUT2D eigenvalue weighted by molar-refractivity contribution is 0.0586. The van der Waals surface area contributed by atoms with Crippen molar-refractivity contribution < 1.29 is 8.78 Å². The summed E-state index contributed by atoms with van der Waals surface area (Å²) in [5.74, 6) is 0.613. The van der Waals surface area contributed by atoms with E-state index in [2.05, 4.69) is 17.6 Å². The topological polar surface area (TPSA) is 24.1 Å². The Morgan fingerprint density at radius 3 is 2.42 bits per heavy atom. The van der Waals surface area contributed by atoms with E-state index in [1.165, 1.54) is 25.7 Å². The summed E-state index contributed by atoms with van der Waals surface area (Å²) in [6.07, 6.45) is 4.47. The first-order valence-corrected chi connectivity index (χ1v) is 7.95. The van der Waals surface area contributed by atoms with Crippen molar-refractivity contribution in [3.8, 4) is 0 Å². The molecule has 0 spiro atoms. The summed E-state index contributed by atoms with van der Waals surface area (Å²) in [5, 5.41) is 6.88. The molecule has 1 heterocycles. The molecule has 2 nitrogen and oxygen atoms in total. The van der Waals surface area contributed by atoms with Crippen molar-refractivity contribution >= 4 is 0 Å². The van der Waals surface area contributed by atoms with Gasteiger partial charge in [-0.25, -0.2) is 8.78 Å². The van der Waals surface area contributed by atoms with Gasteiger partial charge in [0, 0.05) is 25.4 Å². The predicted octanol–water partition coefficient (Wildman–Crippen LogP) is 3.18. The average Bonchev–Trinajstić information content (AvgIpc) is 2.40. The quantitative estimate of drug-likeness (QED) is 0.752. The minimum Gasteiger partial charge on any atom is -0.301 e. The van der Waals surface area contributed by atoms with Gasteiger partial charge in [-0.2, -0.15) is 0 Å². The second-order valence-electron chi connectivity index (χ2n) is 6.25. The van der Waals surface area contributed by atoms with Crippen LogP contribution >= 0.6 is 0 Å². The second-order valence-corrected chi connectivity index (χ2v) is 6.25. The minimum atomic E-state index is -0.995. The van der Waals surface area contributed by atoms with E-state index in [1.54, 1.807) is 0 Å². The fraction of sp³-hybridized carbons (Fsp3) is 1.00. The van der Waals surface area contributed by atoms with Crippen molar-refractivity contribution in [2.45, 2.75) is 70.4 Å². The van der Waals surface area contributed by atoms with E-state index in [4.69, 9.17) is 0 Å². The number of halogens is 2. The molecule has 1 aliphatic carbocycles. The predicted molar refractivity (Wildman–Crippen MR) is 74.6 cm³/mol. The lowest BCUT2D eigenvalue weighted by Gasteiger charge is -2.39. The van der Waals surface area contributed by atoms with Crippen molar-refractivity contribution in [3.05, 3.63) is 0 Å². The molecular weight excluding hydrogens is 246 g/mol. The number of hydrogen-bond acceptors (Lipinski definition) is 2. The first kappa shape index (κ1) is 15.2. The summed E-state index contributed by atoms with van der Waals surface area (Å²) in [6, 6.07) is 0. The highest BCUT2D eigenvalue weighted by Crippen LogP contribution is 2.31. The first-order valence-electron chi connectivity index (χ1n) is 7.95. The maximum atomic E-state index is 13.9.